The minimum atomic E-state index is -0.312. The zero-order valence-corrected chi connectivity index (χ0v) is 17.3. The van der Waals surface area contributed by atoms with Gasteiger partial charge in [0.1, 0.15) is 11.5 Å². The maximum Gasteiger partial charge on any atom is 0.271 e. The van der Waals surface area contributed by atoms with Crippen LogP contribution >= 0.6 is 0 Å². The van der Waals surface area contributed by atoms with Gasteiger partial charge in [0.2, 0.25) is 0 Å². The summed E-state index contributed by atoms with van der Waals surface area (Å²) in [6.07, 6.45) is 1.48. The number of nitrogens with zero attached hydrogens (tertiary/aromatic N) is 1. The van der Waals surface area contributed by atoms with Crippen LogP contribution in [-0.4, -0.2) is 31.7 Å². The number of carbonyl (C=O) groups excluding carboxylic acids is 2. The molecular formula is C24H23N3O4. The van der Waals surface area contributed by atoms with E-state index in [1.807, 2.05) is 25.1 Å². The van der Waals surface area contributed by atoms with Crippen LogP contribution in [0.4, 0.5) is 5.69 Å². The Balaban J connectivity index is 1.55. The van der Waals surface area contributed by atoms with Crippen molar-refractivity contribution >= 4 is 23.7 Å². The predicted molar refractivity (Wildman–Crippen MR) is 120 cm³/mol. The standard InChI is InChI=1S/C24H23N3O4/c1-17-7-9-18(10-8-17)24(29)27-25-15-19-5-3-4-6-22(19)31-16-23(28)26-20-11-13-21(30-2)14-12-20/h3-15H,16H2,1-2H3,(H,26,28)(H,27,29)/b25-15+. The van der Waals surface area contributed by atoms with Crippen LogP contribution in [0.15, 0.2) is 77.9 Å². The predicted octanol–water partition coefficient (Wildman–Crippen LogP) is 3.79. The number of aryl methyl sites for hydroxylation is 1. The lowest BCUT2D eigenvalue weighted by molar-refractivity contribution is -0.118. The third-order valence-electron chi connectivity index (χ3n) is 4.34. The fraction of sp³-hybridized carbons (Fsp3) is 0.125. The first kappa shape index (κ1) is 21.6. The maximum absolute atomic E-state index is 12.2. The first-order valence-electron chi connectivity index (χ1n) is 9.61. The summed E-state index contributed by atoms with van der Waals surface area (Å²) in [6.45, 7) is 1.78. The number of para-hydroxylation sites is 1. The minimum absolute atomic E-state index is 0.174. The van der Waals surface area contributed by atoms with Crippen LogP contribution in [0.2, 0.25) is 0 Å². The molecule has 0 bridgehead atoms. The third-order valence-corrected chi connectivity index (χ3v) is 4.34. The lowest BCUT2D eigenvalue weighted by Gasteiger charge is -2.10. The second-order valence-corrected chi connectivity index (χ2v) is 6.67. The molecule has 158 valence electrons. The molecule has 0 saturated carbocycles. The van der Waals surface area contributed by atoms with Crippen molar-refractivity contribution < 1.29 is 19.1 Å². The van der Waals surface area contributed by atoms with Crippen molar-refractivity contribution in [3.05, 3.63) is 89.5 Å². The number of hydrogen-bond acceptors (Lipinski definition) is 5. The molecule has 0 aliphatic rings. The van der Waals surface area contributed by atoms with Gasteiger partial charge >= 0.3 is 0 Å². The molecule has 0 atom stereocenters. The van der Waals surface area contributed by atoms with Crippen LogP contribution in [0.25, 0.3) is 0 Å². The molecule has 0 unspecified atom stereocenters. The van der Waals surface area contributed by atoms with E-state index in [2.05, 4.69) is 15.8 Å². The summed E-state index contributed by atoms with van der Waals surface area (Å²) in [5, 5.41) is 6.75. The van der Waals surface area contributed by atoms with Crippen molar-refractivity contribution in [2.45, 2.75) is 6.92 Å². The van der Waals surface area contributed by atoms with Crippen LogP contribution in [-0.2, 0) is 4.79 Å². The summed E-state index contributed by atoms with van der Waals surface area (Å²) in [6, 6.07) is 21.3. The Bertz CT molecular complexity index is 1060. The highest BCUT2D eigenvalue weighted by atomic mass is 16.5. The SMILES string of the molecule is COc1ccc(NC(=O)COc2ccccc2/C=N/NC(=O)c2ccc(C)cc2)cc1. The van der Waals surface area contributed by atoms with Gasteiger partial charge in [-0.1, -0.05) is 29.8 Å². The average molecular weight is 417 g/mol. The molecule has 7 nitrogen and oxygen atoms in total. The van der Waals surface area contributed by atoms with Gasteiger partial charge in [0.15, 0.2) is 6.61 Å². The highest BCUT2D eigenvalue weighted by Gasteiger charge is 2.07. The van der Waals surface area contributed by atoms with Gasteiger partial charge in [0, 0.05) is 16.8 Å². The zero-order chi connectivity index (χ0) is 22.1. The van der Waals surface area contributed by atoms with Gasteiger partial charge in [-0.3, -0.25) is 9.59 Å². The summed E-state index contributed by atoms with van der Waals surface area (Å²) in [4.78, 5) is 24.3. The molecular weight excluding hydrogens is 394 g/mol. The van der Waals surface area contributed by atoms with Crippen LogP contribution in [0, 0.1) is 6.92 Å². The third kappa shape index (κ3) is 6.43. The quantitative estimate of drug-likeness (QED) is 0.431. The Morgan fingerprint density at radius 2 is 1.68 bits per heavy atom. The summed E-state index contributed by atoms with van der Waals surface area (Å²) in [5.41, 5.74) is 5.34. The van der Waals surface area contributed by atoms with Crippen molar-refractivity contribution in [3.63, 3.8) is 0 Å². The normalized spacial score (nSPS) is 10.5. The smallest absolute Gasteiger partial charge is 0.271 e. The molecule has 3 rings (SSSR count). The summed E-state index contributed by atoms with van der Waals surface area (Å²) < 4.78 is 10.7. The lowest BCUT2D eigenvalue weighted by Crippen LogP contribution is -2.20. The number of ether oxygens (including phenoxy) is 2. The van der Waals surface area contributed by atoms with E-state index in [-0.39, 0.29) is 18.4 Å². The number of rotatable bonds is 8. The van der Waals surface area contributed by atoms with Gasteiger partial charge in [0.05, 0.1) is 13.3 Å². The van der Waals surface area contributed by atoms with Crippen molar-refractivity contribution in [2.75, 3.05) is 19.0 Å². The van der Waals surface area contributed by atoms with E-state index in [0.717, 1.165) is 5.56 Å². The molecule has 0 radical (unpaired) electrons. The maximum atomic E-state index is 12.2. The van der Waals surface area contributed by atoms with Crippen LogP contribution < -0.4 is 20.2 Å². The number of nitrogens with one attached hydrogen (secondary N) is 2. The molecule has 0 fully saturated rings. The van der Waals surface area contributed by atoms with E-state index in [4.69, 9.17) is 9.47 Å². The molecule has 0 aliphatic heterocycles. The Labute approximate surface area is 180 Å². The van der Waals surface area contributed by atoms with Crippen LogP contribution in [0.5, 0.6) is 11.5 Å². The number of hydrogen-bond donors (Lipinski definition) is 2. The summed E-state index contributed by atoms with van der Waals surface area (Å²) in [5.74, 6) is 0.566. The van der Waals surface area contributed by atoms with E-state index >= 15 is 0 Å². The molecule has 2 amide bonds. The van der Waals surface area contributed by atoms with Gasteiger partial charge in [-0.05, 0) is 55.5 Å². The summed E-state index contributed by atoms with van der Waals surface area (Å²) >= 11 is 0. The molecule has 0 saturated heterocycles. The number of anilines is 1. The zero-order valence-electron chi connectivity index (χ0n) is 17.3. The molecule has 31 heavy (non-hydrogen) atoms. The van der Waals surface area contributed by atoms with Gasteiger partial charge in [-0.15, -0.1) is 0 Å². The highest BCUT2D eigenvalue weighted by Crippen LogP contribution is 2.17. The van der Waals surface area contributed by atoms with Crippen LogP contribution in [0.3, 0.4) is 0 Å². The molecule has 3 aromatic rings. The Morgan fingerprint density at radius 3 is 2.39 bits per heavy atom. The summed E-state index contributed by atoms with van der Waals surface area (Å²) in [7, 11) is 1.58. The Kier molecular flexibility index (Phi) is 7.37. The number of carbonyl (C=O) groups is 2. The lowest BCUT2D eigenvalue weighted by atomic mass is 10.1. The van der Waals surface area contributed by atoms with Gasteiger partial charge in [-0.2, -0.15) is 5.10 Å². The number of amides is 2. The molecule has 2 N–H and O–H groups in total. The van der Waals surface area contributed by atoms with Gasteiger partial charge in [-0.25, -0.2) is 5.43 Å². The second kappa shape index (κ2) is 10.6. The largest absolute Gasteiger partial charge is 0.497 e. The number of methoxy groups -OCH3 is 1. The fourth-order valence-corrected chi connectivity index (χ4v) is 2.66. The van der Waals surface area contributed by atoms with Crippen molar-refractivity contribution in [1.82, 2.24) is 5.43 Å². The number of hydrazone groups is 1. The average Bonchev–Trinajstić information content (AvgIpc) is 2.79. The van der Waals surface area contributed by atoms with Crippen molar-refractivity contribution in [1.29, 1.82) is 0 Å². The fourth-order valence-electron chi connectivity index (χ4n) is 2.66. The van der Waals surface area contributed by atoms with Crippen molar-refractivity contribution in [3.8, 4) is 11.5 Å². The molecule has 3 aromatic carbocycles. The van der Waals surface area contributed by atoms with E-state index in [0.29, 0.717) is 28.3 Å². The number of benzene rings is 3. The minimum Gasteiger partial charge on any atom is -0.497 e. The first-order chi connectivity index (χ1) is 15.0. The highest BCUT2D eigenvalue weighted by molar-refractivity contribution is 5.95. The molecule has 0 heterocycles. The van der Waals surface area contributed by atoms with E-state index < -0.39 is 0 Å². The Morgan fingerprint density at radius 1 is 0.968 bits per heavy atom. The monoisotopic (exact) mass is 417 g/mol. The van der Waals surface area contributed by atoms with Gasteiger partial charge in [0.25, 0.3) is 11.8 Å². The van der Waals surface area contributed by atoms with Crippen LogP contribution in [0.1, 0.15) is 21.5 Å². The first-order valence-corrected chi connectivity index (χ1v) is 9.61. The van der Waals surface area contributed by atoms with E-state index in [1.165, 1.54) is 6.21 Å². The molecule has 0 aliphatic carbocycles. The molecule has 0 aromatic heterocycles. The van der Waals surface area contributed by atoms with Crippen molar-refractivity contribution in [2.24, 2.45) is 5.10 Å². The second-order valence-electron chi connectivity index (χ2n) is 6.67. The van der Waals surface area contributed by atoms with Gasteiger partial charge < -0.3 is 14.8 Å². The van der Waals surface area contributed by atoms with E-state index in [9.17, 15) is 9.59 Å². The Hall–Kier alpha value is -4.13. The topological polar surface area (TPSA) is 89.0 Å². The van der Waals surface area contributed by atoms with E-state index in [1.54, 1.807) is 61.7 Å². The molecule has 0 spiro atoms. The molecule has 7 heteroatoms.